The summed E-state index contributed by atoms with van der Waals surface area (Å²) in [5.74, 6) is 1.74. The molecule has 8 nitrogen and oxygen atoms in total. The molecule has 0 bridgehead atoms. The van der Waals surface area contributed by atoms with E-state index in [9.17, 15) is 4.79 Å². The molecule has 0 aliphatic rings. The van der Waals surface area contributed by atoms with Crippen LogP contribution >= 0.6 is 23.1 Å². The summed E-state index contributed by atoms with van der Waals surface area (Å²) in [6, 6.07) is 28.1. The third-order valence-corrected chi connectivity index (χ3v) is 7.22. The Hall–Kier alpha value is -4.73. The highest BCUT2D eigenvalue weighted by atomic mass is 35.5. The van der Waals surface area contributed by atoms with Gasteiger partial charge in [0, 0.05) is 23.6 Å². The predicted molar refractivity (Wildman–Crippen MR) is 156 cm³/mol. The second-order valence-electron chi connectivity index (χ2n) is 8.53. The summed E-state index contributed by atoms with van der Waals surface area (Å²) in [4.78, 5) is 25.8. The molecule has 10 heteroatoms. The molecule has 0 fully saturated rings. The molecular formula is C29H21ClN6O2S. The largest absolute Gasteiger partial charge is 0.486 e. The molecule has 0 radical (unpaired) electrons. The molecule has 2 N–H and O–H groups in total. The van der Waals surface area contributed by atoms with Gasteiger partial charge in [-0.1, -0.05) is 47.4 Å². The van der Waals surface area contributed by atoms with Crippen LogP contribution in [0.3, 0.4) is 0 Å². The van der Waals surface area contributed by atoms with E-state index in [1.54, 1.807) is 28.4 Å². The lowest BCUT2D eigenvalue weighted by Crippen LogP contribution is -2.10. The number of ether oxygens (including phenoxy) is 1. The zero-order chi connectivity index (χ0) is 26.6. The number of pyridine rings is 1. The summed E-state index contributed by atoms with van der Waals surface area (Å²) < 4.78 is 8.44. The van der Waals surface area contributed by atoms with Gasteiger partial charge in [-0.2, -0.15) is 0 Å². The maximum Gasteiger partial charge on any atom is 0.273 e. The standard InChI is InChI=1S/C29H21ClN6O2S/c30-24-15-20(11-12-25(24)38-17-21-6-3-4-13-31-21)35-28-16-27(32-18-33-28)34-19-7-5-8-22(14-19)36-29(37)23-9-1-2-10-26(23)39-36/h1-16,18H,17H2,(H2,32,33,34,35). The fourth-order valence-electron chi connectivity index (χ4n) is 3.97. The first-order chi connectivity index (χ1) is 19.1. The molecule has 0 aliphatic heterocycles. The molecular weight excluding hydrogens is 532 g/mol. The van der Waals surface area contributed by atoms with Gasteiger partial charge in [0.1, 0.15) is 30.3 Å². The number of halogens is 1. The molecule has 3 heterocycles. The molecule has 39 heavy (non-hydrogen) atoms. The Kier molecular flexibility index (Phi) is 6.90. The van der Waals surface area contributed by atoms with Gasteiger partial charge < -0.3 is 15.4 Å². The number of nitrogens with zero attached hydrogens (tertiary/aromatic N) is 4. The van der Waals surface area contributed by atoms with Gasteiger partial charge in [0.25, 0.3) is 5.56 Å². The Labute approximate surface area is 232 Å². The molecule has 0 spiro atoms. The van der Waals surface area contributed by atoms with E-state index in [0.717, 1.165) is 27.5 Å². The van der Waals surface area contributed by atoms with Gasteiger partial charge in [-0.15, -0.1) is 0 Å². The van der Waals surface area contributed by atoms with Crippen molar-refractivity contribution in [2.75, 3.05) is 10.6 Å². The first-order valence-electron chi connectivity index (χ1n) is 12.0. The average Bonchev–Trinajstić information content (AvgIpc) is 3.30. The maximum atomic E-state index is 12.9. The average molecular weight is 553 g/mol. The van der Waals surface area contributed by atoms with Crippen molar-refractivity contribution in [3.63, 3.8) is 0 Å². The molecule has 6 aromatic rings. The molecule has 0 atom stereocenters. The Morgan fingerprint density at radius 1 is 0.821 bits per heavy atom. The first-order valence-corrected chi connectivity index (χ1v) is 13.2. The van der Waals surface area contributed by atoms with Crippen LogP contribution in [0.4, 0.5) is 23.0 Å². The van der Waals surface area contributed by atoms with Crippen LogP contribution in [-0.4, -0.2) is 18.9 Å². The van der Waals surface area contributed by atoms with Crippen LogP contribution in [0, 0.1) is 0 Å². The topological polar surface area (TPSA) is 94.0 Å². The van der Waals surface area contributed by atoms with Gasteiger partial charge in [0.05, 0.1) is 26.5 Å². The molecule has 0 unspecified atom stereocenters. The van der Waals surface area contributed by atoms with Crippen molar-refractivity contribution in [3.05, 3.63) is 125 Å². The highest BCUT2D eigenvalue weighted by Crippen LogP contribution is 2.30. The van der Waals surface area contributed by atoms with E-state index >= 15 is 0 Å². The minimum Gasteiger partial charge on any atom is -0.486 e. The number of nitrogens with one attached hydrogen (secondary N) is 2. The number of hydrogen-bond donors (Lipinski definition) is 2. The quantitative estimate of drug-likeness (QED) is 0.211. The molecule has 192 valence electrons. The van der Waals surface area contributed by atoms with E-state index in [0.29, 0.717) is 34.4 Å². The normalized spacial score (nSPS) is 10.9. The number of benzene rings is 3. The monoisotopic (exact) mass is 552 g/mol. The molecule has 3 aromatic carbocycles. The molecule has 0 aliphatic carbocycles. The van der Waals surface area contributed by atoms with Crippen molar-refractivity contribution in [3.8, 4) is 11.4 Å². The van der Waals surface area contributed by atoms with E-state index in [1.165, 1.54) is 17.9 Å². The Bertz CT molecular complexity index is 1820. The Morgan fingerprint density at radius 3 is 2.38 bits per heavy atom. The van der Waals surface area contributed by atoms with Crippen LogP contribution in [0.5, 0.6) is 5.75 Å². The Morgan fingerprint density at radius 2 is 1.62 bits per heavy atom. The van der Waals surface area contributed by atoms with E-state index in [1.807, 2.05) is 72.8 Å². The van der Waals surface area contributed by atoms with Gasteiger partial charge in [-0.05, 0) is 60.7 Å². The lowest BCUT2D eigenvalue weighted by Gasteiger charge is -2.12. The van der Waals surface area contributed by atoms with Crippen molar-refractivity contribution in [2.45, 2.75) is 6.61 Å². The number of rotatable bonds is 8. The zero-order valence-corrected chi connectivity index (χ0v) is 22.0. The van der Waals surface area contributed by atoms with E-state index < -0.39 is 0 Å². The molecule has 0 amide bonds. The van der Waals surface area contributed by atoms with Crippen molar-refractivity contribution < 1.29 is 4.74 Å². The SMILES string of the molecule is O=c1c2ccccc2sn1-c1cccc(Nc2cc(Nc3ccc(OCc4ccccn4)c(Cl)c3)ncn2)c1. The zero-order valence-electron chi connectivity index (χ0n) is 20.4. The van der Waals surface area contributed by atoms with E-state index in [-0.39, 0.29) is 5.56 Å². The van der Waals surface area contributed by atoms with Crippen LogP contribution in [0.1, 0.15) is 5.69 Å². The van der Waals surface area contributed by atoms with Crippen molar-refractivity contribution in [2.24, 2.45) is 0 Å². The minimum atomic E-state index is -0.0342. The second kappa shape index (κ2) is 10.9. The molecule has 6 rings (SSSR count). The summed E-state index contributed by atoms with van der Waals surface area (Å²) in [5.41, 5.74) is 3.10. The number of fused-ring (bicyclic) bond motifs is 1. The molecule has 3 aromatic heterocycles. The van der Waals surface area contributed by atoms with Crippen LogP contribution in [-0.2, 0) is 6.61 Å². The maximum absolute atomic E-state index is 12.9. The minimum absolute atomic E-state index is 0.0342. The third-order valence-electron chi connectivity index (χ3n) is 5.82. The van der Waals surface area contributed by atoms with Crippen molar-refractivity contribution in [1.29, 1.82) is 0 Å². The lowest BCUT2D eigenvalue weighted by atomic mass is 10.2. The highest BCUT2D eigenvalue weighted by Gasteiger charge is 2.10. The van der Waals surface area contributed by atoms with Gasteiger partial charge in [0.2, 0.25) is 0 Å². The fraction of sp³-hybridized carbons (Fsp3) is 0.0345. The summed E-state index contributed by atoms with van der Waals surface area (Å²) in [6.45, 7) is 0.326. The second-order valence-corrected chi connectivity index (χ2v) is 9.93. The number of aromatic nitrogens is 4. The van der Waals surface area contributed by atoms with Crippen molar-refractivity contribution in [1.82, 2.24) is 18.9 Å². The smallest absolute Gasteiger partial charge is 0.273 e. The summed E-state index contributed by atoms with van der Waals surface area (Å²) in [7, 11) is 0. The third kappa shape index (κ3) is 5.59. The van der Waals surface area contributed by atoms with Gasteiger partial charge in [-0.3, -0.25) is 9.78 Å². The van der Waals surface area contributed by atoms with Gasteiger partial charge in [0.15, 0.2) is 0 Å². The van der Waals surface area contributed by atoms with Gasteiger partial charge in [-0.25, -0.2) is 13.9 Å². The summed E-state index contributed by atoms with van der Waals surface area (Å²) in [5, 5.41) is 7.71. The molecule has 0 saturated heterocycles. The van der Waals surface area contributed by atoms with Crippen LogP contribution < -0.4 is 20.9 Å². The van der Waals surface area contributed by atoms with E-state index in [4.69, 9.17) is 16.3 Å². The number of hydrogen-bond acceptors (Lipinski definition) is 8. The first kappa shape index (κ1) is 24.6. The summed E-state index contributed by atoms with van der Waals surface area (Å²) in [6.07, 6.45) is 3.19. The van der Waals surface area contributed by atoms with E-state index in [2.05, 4.69) is 25.6 Å². The van der Waals surface area contributed by atoms with Crippen molar-refractivity contribution >= 4 is 56.2 Å². The lowest BCUT2D eigenvalue weighted by molar-refractivity contribution is 0.301. The van der Waals surface area contributed by atoms with Gasteiger partial charge >= 0.3 is 0 Å². The fourth-order valence-corrected chi connectivity index (χ4v) is 5.20. The Balaban J connectivity index is 1.15. The molecule has 0 saturated carbocycles. The van der Waals surface area contributed by atoms with Crippen LogP contribution in [0.2, 0.25) is 5.02 Å². The summed E-state index contributed by atoms with van der Waals surface area (Å²) >= 11 is 7.87. The number of anilines is 4. The van der Waals surface area contributed by atoms with Crippen LogP contribution in [0.25, 0.3) is 15.8 Å². The highest BCUT2D eigenvalue weighted by molar-refractivity contribution is 7.14. The predicted octanol–water partition coefficient (Wildman–Crippen LogP) is 6.96. The van der Waals surface area contributed by atoms with Crippen LogP contribution in [0.15, 0.2) is 108 Å².